The van der Waals surface area contributed by atoms with E-state index in [4.69, 9.17) is 4.74 Å². The quantitative estimate of drug-likeness (QED) is 0.698. The van der Waals surface area contributed by atoms with E-state index >= 15 is 0 Å². The topological polar surface area (TPSA) is 32.7 Å². The van der Waals surface area contributed by atoms with E-state index in [0.29, 0.717) is 25.0 Å². The predicted octanol–water partition coefficient (Wildman–Crippen LogP) is 5.38. The summed E-state index contributed by atoms with van der Waals surface area (Å²) in [7, 11) is 0. The number of fused-ring (bicyclic) bond motifs is 1. The molecule has 2 aliphatic rings. The van der Waals surface area contributed by atoms with Crippen LogP contribution in [0.15, 0.2) is 54.6 Å². The molecule has 0 unspecified atom stereocenters. The van der Waals surface area contributed by atoms with E-state index in [0.717, 1.165) is 25.8 Å². The number of aliphatic hydroxyl groups excluding tert-OH is 1. The predicted molar refractivity (Wildman–Crippen MR) is 122 cm³/mol. The number of rotatable bonds is 6. The monoisotopic (exact) mass is 407 g/mol. The fraction of sp³-hybridized carbons (Fsp3) is 0.556. The minimum absolute atomic E-state index is 0.0755. The number of ether oxygens (including phenoxy) is 1. The van der Waals surface area contributed by atoms with Crippen molar-refractivity contribution in [2.75, 3.05) is 13.2 Å². The van der Waals surface area contributed by atoms with Crippen LogP contribution >= 0.6 is 0 Å². The van der Waals surface area contributed by atoms with Gasteiger partial charge in [0, 0.05) is 18.0 Å². The third-order valence-corrected chi connectivity index (χ3v) is 7.53. The summed E-state index contributed by atoms with van der Waals surface area (Å²) in [5.74, 6) is 0.926. The van der Waals surface area contributed by atoms with Crippen LogP contribution in [0.1, 0.15) is 62.8 Å². The summed E-state index contributed by atoms with van der Waals surface area (Å²) in [4.78, 5) is 2.63. The Labute approximate surface area is 182 Å². The molecule has 1 aliphatic heterocycles. The van der Waals surface area contributed by atoms with Crippen LogP contribution in [0.5, 0.6) is 0 Å². The maximum absolute atomic E-state index is 11.0. The van der Waals surface area contributed by atoms with Gasteiger partial charge in [0.25, 0.3) is 0 Å². The van der Waals surface area contributed by atoms with Crippen molar-refractivity contribution in [1.29, 1.82) is 0 Å². The molecule has 162 valence electrons. The van der Waals surface area contributed by atoms with Crippen molar-refractivity contribution >= 4 is 0 Å². The highest BCUT2D eigenvalue weighted by Gasteiger charge is 2.45. The summed E-state index contributed by atoms with van der Waals surface area (Å²) >= 11 is 0. The van der Waals surface area contributed by atoms with Gasteiger partial charge in [-0.25, -0.2) is 0 Å². The molecular weight excluding hydrogens is 370 g/mol. The van der Waals surface area contributed by atoms with Gasteiger partial charge in [0.05, 0.1) is 25.4 Å². The molecule has 1 aliphatic carbocycles. The SMILES string of the molecule is C[C@H]1CC[C@H](C(C)(C)N2CCc3ccccc3[C@H]2COCc2ccccc2)[C@@H](O)C1. The molecule has 0 spiro atoms. The van der Waals surface area contributed by atoms with Gasteiger partial charge >= 0.3 is 0 Å². The Hall–Kier alpha value is -1.68. The lowest BCUT2D eigenvalue weighted by Crippen LogP contribution is -2.57. The smallest absolute Gasteiger partial charge is 0.0717 e. The molecule has 3 nitrogen and oxygen atoms in total. The molecule has 2 aromatic carbocycles. The highest BCUT2D eigenvalue weighted by atomic mass is 16.5. The molecular formula is C27H37NO2. The number of benzene rings is 2. The van der Waals surface area contributed by atoms with E-state index in [-0.39, 0.29) is 17.7 Å². The van der Waals surface area contributed by atoms with Gasteiger partial charge in [-0.1, -0.05) is 67.9 Å². The first-order valence-electron chi connectivity index (χ1n) is 11.6. The summed E-state index contributed by atoms with van der Waals surface area (Å²) in [6, 6.07) is 19.5. The molecule has 1 heterocycles. The zero-order chi connectivity index (χ0) is 21.1. The molecule has 0 radical (unpaired) electrons. The third-order valence-electron chi connectivity index (χ3n) is 7.53. The zero-order valence-corrected chi connectivity index (χ0v) is 18.8. The molecule has 0 amide bonds. The van der Waals surface area contributed by atoms with Crippen molar-refractivity contribution < 1.29 is 9.84 Å². The first kappa shape index (κ1) is 21.5. The van der Waals surface area contributed by atoms with Gasteiger partial charge in [0.2, 0.25) is 0 Å². The number of hydrogen-bond donors (Lipinski definition) is 1. The van der Waals surface area contributed by atoms with Crippen LogP contribution in [0.2, 0.25) is 0 Å². The molecule has 4 atom stereocenters. The van der Waals surface area contributed by atoms with Gasteiger partial charge in [0.15, 0.2) is 0 Å². The summed E-state index contributed by atoms with van der Waals surface area (Å²) in [6.07, 6.45) is 4.09. The minimum Gasteiger partial charge on any atom is -0.393 e. The highest BCUT2D eigenvalue weighted by Crippen LogP contribution is 2.43. The second-order valence-electron chi connectivity index (χ2n) is 9.90. The van der Waals surface area contributed by atoms with E-state index < -0.39 is 0 Å². The Morgan fingerprint density at radius 3 is 2.53 bits per heavy atom. The lowest BCUT2D eigenvalue weighted by atomic mass is 9.70. The minimum atomic E-state index is -0.216. The Morgan fingerprint density at radius 2 is 1.77 bits per heavy atom. The maximum Gasteiger partial charge on any atom is 0.0717 e. The third kappa shape index (κ3) is 4.49. The van der Waals surface area contributed by atoms with Crippen molar-refractivity contribution in [3.8, 4) is 0 Å². The van der Waals surface area contributed by atoms with Crippen LogP contribution in [0.25, 0.3) is 0 Å². The molecule has 0 aromatic heterocycles. The van der Waals surface area contributed by atoms with Crippen LogP contribution in [0.4, 0.5) is 0 Å². The highest BCUT2D eigenvalue weighted by molar-refractivity contribution is 5.33. The Kier molecular flexibility index (Phi) is 6.62. The summed E-state index contributed by atoms with van der Waals surface area (Å²) in [5, 5.41) is 11.0. The van der Waals surface area contributed by atoms with Crippen molar-refractivity contribution in [3.05, 3.63) is 71.3 Å². The Morgan fingerprint density at radius 1 is 1.03 bits per heavy atom. The van der Waals surface area contributed by atoms with Crippen LogP contribution in [0, 0.1) is 11.8 Å². The molecule has 30 heavy (non-hydrogen) atoms. The van der Waals surface area contributed by atoms with Gasteiger partial charge < -0.3 is 9.84 Å². The van der Waals surface area contributed by atoms with E-state index in [1.54, 1.807) is 0 Å². The molecule has 4 rings (SSSR count). The second-order valence-corrected chi connectivity index (χ2v) is 9.90. The van der Waals surface area contributed by atoms with Gasteiger partial charge in [-0.2, -0.15) is 0 Å². The fourth-order valence-electron chi connectivity index (χ4n) is 5.77. The normalized spacial score (nSPS) is 27.6. The molecule has 1 saturated carbocycles. The second kappa shape index (κ2) is 9.21. The van der Waals surface area contributed by atoms with Crippen molar-refractivity contribution in [3.63, 3.8) is 0 Å². The van der Waals surface area contributed by atoms with Gasteiger partial charge in [-0.15, -0.1) is 0 Å². The number of nitrogens with zero attached hydrogens (tertiary/aromatic N) is 1. The van der Waals surface area contributed by atoms with Crippen LogP contribution in [0.3, 0.4) is 0 Å². The molecule has 1 fully saturated rings. The van der Waals surface area contributed by atoms with Crippen molar-refractivity contribution in [1.82, 2.24) is 4.90 Å². The zero-order valence-electron chi connectivity index (χ0n) is 18.8. The number of hydrogen-bond acceptors (Lipinski definition) is 3. The maximum atomic E-state index is 11.0. The standard InChI is InChI=1S/C27H37NO2/c1-20-13-14-24(26(29)17-20)27(2,3)28-16-15-22-11-7-8-12-23(22)25(28)19-30-18-21-9-5-4-6-10-21/h4-12,20,24-26,29H,13-19H2,1-3H3/t20-,24-,25+,26-/m0/s1. The summed E-state index contributed by atoms with van der Waals surface area (Å²) in [6.45, 7) is 9.28. The van der Waals surface area contributed by atoms with E-state index in [2.05, 4.69) is 74.2 Å². The Bertz CT molecular complexity index is 819. The Balaban J connectivity index is 1.55. The van der Waals surface area contributed by atoms with Crippen LogP contribution in [-0.2, 0) is 17.8 Å². The average Bonchev–Trinajstić information content (AvgIpc) is 2.74. The van der Waals surface area contributed by atoms with Crippen LogP contribution in [-0.4, -0.2) is 34.8 Å². The van der Waals surface area contributed by atoms with Crippen LogP contribution < -0.4 is 0 Å². The van der Waals surface area contributed by atoms with E-state index in [9.17, 15) is 5.11 Å². The number of aliphatic hydroxyl groups is 1. The molecule has 0 saturated heterocycles. The largest absolute Gasteiger partial charge is 0.393 e. The lowest BCUT2D eigenvalue weighted by Gasteiger charge is -2.53. The fourth-order valence-corrected chi connectivity index (χ4v) is 5.77. The van der Waals surface area contributed by atoms with E-state index in [1.165, 1.54) is 23.1 Å². The molecule has 0 bridgehead atoms. The molecule has 3 heteroatoms. The molecule has 2 aromatic rings. The summed E-state index contributed by atoms with van der Waals surface area (Å²) in [5.41, 5.74) is 3.97. The average molecular weight is 408 g/mol. The van der Waals surface area contributed by atoms with E-state index in [1.807, 2.05) is 6.07 Å². The van der Waals surface area contributed by atoms with Crippen molar-refractivity contribution in [2.45, 2.75) is 70.7 Å². The first-order chi connectivity index (χ1) is 14.5. The van der Waals surface area contributed by atoms with Crippen molar-refractivity contribution in [2.24, 2.45) is 11.8 Å². The van der Waals surface area contributed by atoms with Gasteiger partial charge in [-0.3, -0.25) is 4.90 Å². The summed E-state index contributed by atoms with van der Waals surface area (Å²) < 4.78 is 6.27. The first-order valence-corrected chi connectivity index (χ1v) is 11.6. The molecule has 1 N–H and O–H groups in total. The van der Waals surface area contributed by atoms with Gasteiger partial charge in [0.1, 0.15) is 0 Å². The van der Waals surface area contributed by atoms with Gasteiger partial charge in [-0.05, 0) is 55.7 Å². The lowest BCUT2D eigenvalue weighted by molar-refractivity contribution is -0.0790.